The van der Waals surface area contributed by atoms with Crippen molar-refractivity contribution in [3.8, 4) is 5.75 Å². The van der Waals surface area contributed by atoms with E-state index in [1.807, 2.05) is 41.7 Å². The van der Waals surface area contributed by atoms with Crippen LogP contribution >= 0.6 is 23.1 Å². The highest BCUT2D eigenvalue weighted by molar-refractivity contribution is 8.13. The molecular weight excluding hydrogens is 400 g/mol. The van der Waals surface area contributed by atoms with E-state index in [0.29, 0.717) is 6.54 Å². The topological polar surface area (TPSA) is 50.1 Å². The van der Waals surface area contributed by atoms with Crippen LogP contribution in [0.4, 0.5) is 5.00 Å². The summed E-state index contributed by atoms with van der Waals surface area (Å²) in [5.41, 5.74) is 5.33. The first-order valence-corrected chi connectivity index (χ1v) is 11.3. The number of methoxy groups -OCH3 is 1. The lowest BCUT2D eigenvalue weighted by molar-refractivity contribution is 0.414. The highest BCUT2D eigenvalue weighted by Gasteiger charge is 2.26. The van der Waals surface area contributed by atoms with Gasteiger partial charge < -0.3 is 4.74 Å². The fourth-order valence-electron chi connectivity index (χ4n) is 3.22. The number of hydrogen-bond acceptors (Lipinski definition) is 7. The number of hydrazone groups is 1. The molecule has 0 saturated heterocycles. The van der Waals surface area contributed by atoms with E-state index in [0.717, 1.165) is 38.3 Å². The predicted molar refractivity (Wildman–Crippen MR) is 123 cm³/mol. The van der Waals surface area contributed by atoms with Crippen molar-refractivity contribution in [1.82, 2.24) is 9.99 Å². The number of benzene rings is 1. The smallest absolute Gasteiger partial charge is 0.185 e. The van der Waals surface area contributed by atoms with Crippen LogP contribution in [0.3, 0.4) is 0 Å². The Morgan fingerprint density at radius 2 is 2.03 bits per heavy atom. The van der Waals surface area contributed by atoms with Crippen molar-refractivity contribution in [3.05, 3.63) is 75.9 Å². The number of rotatable bonds is 4. The van der Waals surface area contributed by atoms with Crippen LogP contribution < -0.4 is 4.74 Å². The molecule has 0 radical (unpaired) electrons. The number of aromatic nitrogens is 1. The Kier molecular flexibility index (Phi) is 5.69. The number of aryl methyl sites for hydroxylation is 1. The lowest BCUT2D eigenvalue weighted by Crippen LogP contribution is -2.24. The van der Waals surface area contributed by atoms with E-state index in [9.17, 15) is 0 Å². The van der Waals surface area contributed by atoms with Crippen LogP contribution in [0.25, 0.3) is 0 Å². The maximum Gasteiger partial charge on any atom is 0.185 e. The van der Waals surface area contributed by atoms with Gasteiger partial charge in [-0.1, -0.05) is 30.0 Å². The Hall–Kier alpha value is -2.64. The maximum atomic E-state index is 5.46. The van der Waals surface area contributed by atoms with Gasteiger partial charge in [-0.05, 0) is 49.4 Å². The average Bonchev–Trinajstić information content (AvgIpc) is 2.93. The van der Waals surface area contributed by atoms with Crippen molar-refractivity contribution in [1.29, 1.82) is 0 Å². The molecule has 2 aromatic heterocycles. The second kappa shape index (κ2) is 8.39. The predicted octanol–water partition coefficient (Wildman–Crippen LogP) is 5.39. The summed E-state index contributed by atoms with van der Waals surface area (Å²) in [4.78, 5) is 10.5. The van der Waals surface area contributed by atoms with Gasteiger partial charge in [-0.2, -0.15) is 5.10 Å². The third kappa shape index (κ3) is 3.93. The van der Waals surface area contributed by atoms with Crippen molar-refractivity contribution in [3.63, 3.8) is 0 Å². The standard InChI is InChI=1S/C22H22N4OS2/c1-14-15(2)29-21-19(14)20(17-8-5-9-18(11-17)27-3)25-26(22(24-21)28-4)13-16-7-6-10-23-12-16/h5-12H,13H2,1-4H3. The molecule has 0 N–H and O–H groups in total. The average molecular weight is 423 g/mol. The molecule has 0 atom stereocenters. The zero-order chi connectivity index (χ0) is 20.4. The number of thiophene rings is 1. The van der Waals surface area contributed by atoms with Crippen molar-refractivity contribution < 1.29 is 4.74 Å². The normalized spacial score (nSPS) is 13.4. The molecule has 0 aliphatic carbocycles. The molecule has 1 aromatic carbocycles. The number of hydrogen-bond donors (Lipinski definition) is 0. The van der Waals surface area contributed by atoms with Gasteiger partial charge in [0.1, 0.15) is 16.5 Å². The molecule has 1 aliphatic rings. The van der Waals surface area contributed by atoms with E-state index < -0.39 is 0 Å². The summed E-state index contributed by atoms with van der Waals surface area (Å²) in [6, 6.07) is 12.1. The summed E-state index contributed by atoms with van der Waals surface area (Å²) < 4.78 is 5.46. The molecule has 29 heavy (non-hydrogen) atoms. The Morgan fingerprint density at radius 1 is 1.17 bits per heavy atom. The maximum absolute atomic E-state index is 5.46. The Bertz CT molecular complexity index is 1090. The van der Waals surface area contributed by atoms with Gasteiger partial charge in [-0.25, -0.2) is 10.0 Å². The molecule has 4 rings (SSSR count). The van der Waals surface area contributed by atoms with E-state index in [1.54, 1.807) is 36.4 Å². The van der Waals surface area contributed by atoms with Gasteiger partial charge in [-0.15, -0.1) is 11.3 Å². The first-order valence-electron chi connectivity index (χ1n) is 9.23. The van der Waals surface area contributed by atoms with Gasteiger partial charge in [0, 0.05) is 28.4 Å². The van der Waals surface area contributed by atoms with Crippen LogP contribution in [0, 0.1) is 13.8 Å². The molecule has 3 heterocycles. The monoisotopic (exact) mass is 422 g/mol. The molecule has 0 unspecified atom stereocenters. The summed E-state index contributed by atoms with van der Waals surface area (Å²) in [5.74, 6) is 0.811. The van der Waals surface area contributed by atoms with Crippen molar-refractivity contribution in [2.45, 2.75) is 20.4 Å². The molecule has 0 saturated carbocycles. The van der Waals surface area contributed by atoms with E-state index in [2.05, 4.69) is 31.0 Å². The molecule has 0 fully saturated rings. The van der Waals surface area contributed by atoms with Gasteiger partial charge in [0.2, 0.25) is 0 Å². The van der Waals surface area contributed by atoms with Gasteiger partial charge in [-0.3, -0.25) is 4.98 Å². The highest BCUT2D eigenvalue weighted by Crippen LogP contribution is 2.39. The second-order valence-corrected chi connectivity index (χ2v) is 8.64. The first-order chi connectivity index (χ1) is 14.1. The van der Waals surface area contributed by atoms with Gasteiger partial charge in [0.15, 0.2) is 5.17 Å². The van der Waals surface area contributed by atoms with Crippen LogP contribution in [0.2, 0.25) is 0 Å². The van der Waals surface area contributed by atoms with E-state index in [1.165, 1.54) is 10.4 Å². The number of fused-ring (bicyclic) bond motifs is 1. The van der Waals surface area contributed by atoms with Crippen molar-refractivity contribution >= 4 is 39.0 Å². The number of pyridine rings is 1. The molecule has 3 aromatic rings. The summed E-state index contributed by atoms with van der Waals surface area (Å²) in [6.45, 7) is 4.89. The van der Waals surface area contributed by atoms with Gasteiger partial charge >= 0.3 is 0 Å². The number of amidine groups is 1. The van der Waals surface area contributed by atoms with E-state index >= 15 is 0 Å². The van der Waals surface area contributed by atoms with Crippen LogP contribution in [0.15, 0.2) is 58.9 Å². The molecule has 1 aliphatic heterocycles. The third-order valence-electron chi connectivity index (χ3n) is 4.82. The van der Waals surface area contributed by atoms with Crippen molar-refractivity contribution in [2.24, 2.45) is 10.1 Å². The summed E-state index contributed by atoms with van der Waals surface area (Å²) in [6.07, 6.45) is 5.69. The minimum Gasteiger partial charge on any atom is -0.497 e. The summed E-state index contributed by atoms with van der Waals surface area (Å²) >= 11 is 3.31. The fraction of sp³-hybridized carbons (Fsp3) is 0.227. The van der Waals surface area contributed by atoms with E-state index in [-0.39, 0.29) is 0 Å². The van der Waals surface area contributed by atoms with Crippen LogP contribution in [-0.2, 0) is 6.54 Å². The fourth-order valence-corrected chi connectivity index (χ4v) is 4.80. The Morgan fingerprint density at radius 3 is 2.76 bits per heavy atom. The third-order valence-corrected chi connectivity index (χ3v) is 6.59. The number of thioether (sulfide) groups is 1. The Balaban J connectivity index is 1.89. The number of ether oxygens (including phenoxy) is 1. The molecule has 7 heteroatoms. The molecule has 148 valence electrons. The number of aliphatic imine (C=N–C) groups is 1. The highest BCUT2D eigenvalue weighted by atomic mass is 32.2. The van der Waals surface area contributed by atoms with Crippen LogP contribution in [0.1, 0.15) is 27.1 Å². The SMILES string of the molecule is COc1cccc(C2=NN(Cc3cccnc3)C(SC)=Nc3sc(C)c(C)c32)c1. The minimum absolute atomic E-state index is 0.605. The first kappa shape index (κ1) is 19.7. The second-order valence-electron chi connectivity index (χ2n) is 6.66. The minimum atomic E-state index is 0.605. The molecular formula is C22H22N4OS2. The molecule has 0 amide bonds. The lowest BCUT2D eigenvalue weighted by atomic mass is 10.00. The molecule has 0 bridgehead atoms. The van der Waals surface area contributed by atoms with E-state index in [4.69, 9.17) is 14.8 Å². The Labute approximate surface area is 179 Å². The molecule has 5 nitrogen and oxygen atoms in total. The van der Waals surface area contributed by atoms with Crippen LogP contribution in [0.5, 0.6) is 5.75 Å². The lowest BCUT2D eigenvalue weighted by Gasteiger charge is -2.20. The number of nitrogens with zero attached hydrogens (tertiary/aromatic N) is 4. The van der Waals surface area contributed by atoms with Crippen LogP contribution in [-0.4, -0.2) is 34.2 Å². The summed E-state index contributed by atoms with van der Waals surface area (Å²) in [7, 11) is 1.68. The van der Waals surface area contributed by atoms with Gasteiger partial charge in [0.25, 0.3) is 0 Å². The van der Waals surface area contributed by atoms with Gasteiger partial charge in [0.05, 0.1) is 13.7 Å². The zero-order valence-electron chi connectivity index (χ0n) is 16.8. The zero-order valence-corrected chi connectivity index (χ0v) is 18.5. The van der Waals surface area contributed by atoms with Crippen molar-refractivity contribution in [2.75, 3.05) is 13.4 Å². The largest absolute Gasteiger partial charge is 0.497 e. The summed E-state index contributed by atoms with van der Waals surface area (Å²) in [5, 5.41) is 8.95. The molecule has 0 spiro atoms. The quantitative estimate of drug-likeness (QED) is 0.566.